The summed E-state index contributed by atoms with van der Waals surface area (Å²) in [5.41, 5.74) is 1.22. The fraction of sp³-hybridized carbons (Fsp3) is 0.462. The molecule has 3 N–H and O–H groups in total. The lowest BCUT2D eigenvalue weighted by Gasteiger charge is -2.11. The Bertz CT molecular complexity index is 558. The zero-order chi connectivity index (χ0) is 15.2. The van der Waals surface area contributed by atoms with Crippen LogP contribution in [0.1, 0.15) is 12.5 Å². The molecule has 0 fully saturated rings. The molecule has 0 spiro atoms. The van der Waals surface area contributed by atoms with Gasteiger partial charge in [-0.2, -0.15) is 0 Å². The van der Waals surface area contributed by atoms with E-state index in [9.17, 15) is 13.2 Å². The summed E-state index contributed by atoms with van der Waals surface area (Å²) >= 11 is 0. The van der Waals surface area contributed by atoms with Gasteiger partial charge in [0.1, 0.15) is 0 Å². The summed E-state index contributed by atoms with van der Waals surface area (Å²) in [6.07, 6.45) is 1.31. The summed E-state index contributed by atoms with van der Waals surface area (Å²) in [5.74, 6) is -0.0939. The van der Waals surface area contributed by atoms with E-state index in [4.69, 9.17) is 0 Å². The highest BCUT2D eigenvalue weighted by molar-refractivity contribution is 7.92. The quantitative estimate of drug-likeness (QED) is 0.677. The van der Waals surface area contributed by atoms with Crippen LogP contribution in [0.25, 0.3) is 0 Å². The number of hydrogen-bond acceptors (Lipinski definition) is 4. The molecule has 1 unspecified atom stereocenters. The Hall–Kier alpha value is -1.60. The van der Waals surface area contributed by atoms with Crippen LogP contribution in [0, 0.1) is 0 Å². The second-order valence-electron chi connectivity index (χ2n) is 4.75. The van der Waals surface area contributed by atoms with Crippen molar-refractivity contribution in [1.82, 2.24) is 10.6 Å². The Balaban J connectivity index is 2.60. The monoisotopic (exact) mass is 299 g/mol. The summed E-state index contributed by atoms with van der Waals surface area (Å²) in [6.45, 7) is 2.52. The van der Waals surface area contributed by atoms with E-state index in [1.807, 2.05) is 14.0 Å². The van der Waals surface area contributed by atoms with Crippen molar-refractivity contribution in [2.45, 2.75) is 19.4 Å². The molecule has 112 valence electrons. The molecule has 0 aliphatic carbocycles. The highest BCUT2D eigenvalue weighted by Gasteiger charge is 2.07. The Morgan fingerprint density at radius 3 is 2.65 bits per heavy atom. The van der Waals surface area contributed by atoms with E-state index < -0.39 is 10.0 Å². The molecular formula is C13H21N3O3S. The largest absolute Gasteiger partial charge is 0.354 e. The average molecular weight is 299 g/mol. The van der Waals surface area contributed by atoms with E-state index in [-0.39, 0.29) is 18.4 Å². The number of nitrogens with one attached hydrogen (secondary N) is 3. The summed E-state index contributed by atoms with van der Waals surface area (Å²) in [7, 11) is -1.48. The summed E-state index contributed by atoms with van der Waals surface area (Å²) in [5, 5.41) is 5.84. The van der Waals surface area contributed by atoms with Gasteiger partial charge in [0.05, 0.1) is 12.7 Å². The maximum atomic E-state index is 11.8. The zero-order valence-electron chi connectivity index (χ0n) is 11.9. The third kappa shape index (κ3) is 6.53. The van der Waals surface area contributed by atoms with Crippen LogP contribution in [-0.4, -0.2) is 40.2 Å². The third-order valence-corrected chi connectivity index (χ3v) is 3.30. The Morgan fingerprint density at radius 2 is 2.05 bits per heavy atom. The minimum absolute atomic E-state index is 0.0939. The van der Waals surface area contributed by atoms with Gasteiger partial charge in [0.25, 0.3) is 0 Å². The van der Waals surface area contributed by atoms with Crippen LogP contribution in [0.15, 0.2) is 24.3 Å². The van der Waals surface area contributed by atoms with Crippen molar-refractivity contribution in [3.05, 3.63) is 29.8 Å². The van der Waals surface area contributed by atoms with Crippen molar-refractivity contribution >= 4 is 21.6 Å². The molecule has 0 bridgehead atoms. The van der Waals surface area contributed by atoms with Crippen LogP contribution in [-0.2, 0) is 21.2 Å². The molecule has 0 aliphatic rings. The molecule has 6 nitrogen and oxygen atoms in total. The molecule has 20 heavy (non-hydrogen) atoms. The van der Waals surface area contributed by atoms with Gasteiger partial charge in [-0.3, -0.25) is 9.52 Å². The van der Waals surface area contributed by atoms with Crippen molar-refractivity contribution < 1.29 is 13.2 Å². The van der Waals surface area contributed by atoms with Crippen molar-refractivity contribution in [1.29, 1.82) is 0 Å². The fourth-order valence-corrected chi connectivity index (χ4v) is 2.13. The van der Waals surface area contributed by atoms with Gasteiger partial charge in [0.15, 0.2) is 0 Å². The number of carbonyl (C=O) groups is 1. The third-order valence-electron chi connectivity index (χ3n) is 2.69. The number of rotatable bonds is 7. The Morgan fingerprint density at radius 1 is 1.35 bits per heavy atom. The van der Waals surface area contributed by atoms with Crippen LogP contribution in [0.2, 0.25) is 0 Å². The van der Waals surface area contributed by atoms with Gasteiger partial charge in [0.2, 0.25) is 15.9 Å². The van der Waals surface area contributed by atoms with Gasteiger partial charge >= 0.3 is 0 Å². The second-order valence-corrected chi connectivity index (χ2v) is 6.49. The van der Waals surface area contributed by atoms with Gasteiger partial charge in [0, 0.05) is 18.3 Å². The maximum Gasteiger partial charge on any atom is 0.229 e. The number of benzene rings is 1. The predicted octanol–water partition coefficient (Wildman–Crippen LogP) is 0.325. The lowest BCUT2D eigenvalue weighted by atomic mass is 10.1. The van der Waals surface area contributed by atoms with E-state index >= 15 is 0 Å². The molecular weight excluding hydrogens is 278 g/mol. The number of sulfonamides is 1. The predicted molar refractivity (Wildman–Crippen MR) is 80.1 cm³/mol. The lowest BCUT2D eigenvalue weighted by Crippen LogP contribution is -2.37. The molecule has 1 rings (SSSR count). The zero-order valence-corrected chi connectivity index (χ0v) is 12.8. The van der Waals surface area contributed by atoms with Gasteiger partial charge in [-0.1, -0.05) is 12.1 Å². The summed E-state index contributed by atoms with van der Waals surface area (Å²) in [6, 6.07) is 7.01. The Labute approximate surface area is 120 Å². The second kappa shape index (κ2) is 7.25. The van der Waals surface area contributed by atoms with E-state index in [1.54, 1.807) is 24.3 Å². The molecule has 0 radical (unpaired) electrons. The standard InChI is InChI=1S/C13H21N3O3S/c1-10(14-2)9-15-13(17)8-11-5-4-6-12(7-11)16-20(3,18)19/h4-7,10,14,16H,8-9H2,1-3H3,(H,15,17). The fourth-order valence-electron chi connectivity index (χ4n) is 1.58. The molecule has 0 aliphatic heterocycles. The molecule has 0 heterocycles. The maximum absolute atomic E-state index is 11.8. The Kier molecular flexibility index (Phi) is 5.97. The molecule has 1 atom stereocenters. The van der Waals surface area contributed by atoms with Gasteiger partial charge < -0.3 is 10.6 Å². The number of carbonyl (C=O) groups excluding carboxylic acids is 1. The minimum Gasteiger partial charge on any atom is -0.354 e. The van der Waals surface area contributed by atoms with Crippen molar-refractivity contribution in [3.8, 4) is 0 Å². The molecule has 1 amide bonds. The first-order chi connectivity index (χ1) is 9.30. The number of likely N-dealkylation sites (N-methyl/N-ethyl adjacent to an activating group) is 1. The van der Waals surface area contributed by atoms with E-state index in [0.29, 0.717) is 12.2 Å². The number of hydrogen-bond donors (Lipinski definition) is 3. The topological polar surface area (TPSA) is 87.3 Å². The molecule has 1 aromatic rings. The normalized spacial score (nSPS) is 12.8. The van der Waals surface area contributed by atoms with Crippen LogP contribution in [0.5, 0.6) is 0 Å². The van der Waals surface area contributed by atoms with Gasteiger partial charge in [-0.25, -0.2) is 8.42 Å². The van der Waals surface area contributed by atoms with Crippen LogP contribution in [0.4, 0.5) is 5.69 Å². The van der Waals surface area contributed by atoms with E-state index in [2.05, 4.69) is 15.4 Å². The molecule has 0 aromatic heterocycles. The summed E-state index contributed by atoms with van der Waals surface area (Å²) < 4.78 is 24.7. The van der Waals surface area contributed by atoms with Crippen LogP contribution >= 0.6 is 0 Å². The smallest absolute Gasteiger partial charge is 0.229 e. The van der Waals surface area contributed by atoms with Crippen molar-refractivity contribution in [3.63, 3.8) is 0 Å². The first-order valence-electron chi connectivity index (χ1n) is 6.31. The summed E-state index contributed by atoms with van der Waals surface area (Å²) in [4.78, 5) is 11.8. The first kappa shape index (κ1) is 16.5. The highest BCUT2D eigenvalue weighted by Crippen LogP contribution is 2.12. The SMILES string of the molecule is CNC(C)CNC(=O)Cc1cccc(NS(C)(=O)=O)c1. The van der Waals surface area contributed by atoms with Gasteiger partial charge in [-0.15, -0.1) is 0 Å². The van der Waals surface area contributed by atoms with Crippen LogP contribution < -0.4 is 15.4 Å². The van der Waals surface area contributed by atoms with E-state index in [1.165, 1.54) is 0 Å². The van der Waals surface area contributed by atoms with Crippen LogP contribution in [0.3, 0.4) is 0 Å². The molecule has 0 saturated carbocycles. The molecule has 0 saturated heterocycles. The average Bonchev–Trinajstić information content (AvgIpc) is 2.34. The minimum atomic E-state index is -3.31. The van der Waals surface area contributed by atoms with Crippen molar-refractivity contribution in [2.24, 2.45) is 0 Å². The van der Waals surface area contributed by atoms with Gasteiger partial charge in [-0.05, 0) is 31.7 Å². The highest BCUT2D eigenvalue weighted by atomic mass is 32.2. The first-order valence-corrected chi connectivity index (χ1v) is 8.20. The molecule has 7 heteroatoms. The number of amides is 1. The molecule has 1 aromatic carbocycles. The number of anilines is 1. The van der Waals surface area contributed by atoms with E-state index in [0.717, 1.165) is 11.8 Å². The van der Waals surface area contributed by atoms with Crippen molar-refractivity contribution in [2.75, 3.05) is 24.6 Å². The lowest BCUT2D eigenvalue weighted by molar-refractivity contribution is -0.120.